The Balaban J connectivity index is 2.03. The standard InChI is InChI=1S/C15H30N2O2S/c1-4-5-13-11-17(15(10-16-13)12(2)3)14-6-8-20(18,19)9-7-14/h12-16H,4-11H2,1-3H3. The van der Waals surface area contributed by atoms with Gasteiger partial charge >= 0.3 is 0 Å². The van der Waals surface area contributed by atoms with E-state index in [2.05, 4.69) is 31.0 Å². The maximum absolute atomic E-state index is 11.6. The molecule has 2 fully saturated rings. The van der Waals surface area contributed by atoms with Gasteiger partial charge in [-0.3, -0.25) is 4.90 Å². The van der Waals surface area contributed by atoms with Gasteiger partial charge in [-0.2, -0.15) is 0 Å². The molecule has 0 aromatic heterocycles. The minimum atomic E-state index is -2.76. The van der Waals surface area contributed by atoms with Crippen molar-refractivity contribution in [1.82, 2.24) is 10.2 Å². The van der Waals surface area contributed by atoms with Gasteiger partial charge in [0.25, 0.3) is 0 Å². The number of rotatable bonds is 4. The van der Waals surface area contributed by atoms with Gasteiger partial charge in [0, 0.05) is 31.2 Å². The van der Waals surface area contributed by atoms with Crippen molar-refractivity contribution in [2.24, 2.45) is 5.92 Å². The lowest BCUT2D eigenvalue weighted by molar-refractivity contribution is 0.0490. The fourth-order valence-corrected chi connectivity index (χ4v) is 5.12. The van der Waals surface area contributed by atoms with Crippen molar-refractivity contribution in [3.63, 3.8) is 0 Å². The van der Waals surface area contributed by atoms with E-state index in [1.54, 1.807) is 0 Å². The minimum absolute atomic E-state index is 0.380. The van der Waals surface area contributed by atoms with Crippen LogP contribution in [0.5, 0.6) is 0 Å². The summed E-state index contributed by atoms with van der Waals surface area (Å²) in [5.41, 5.74) is 0. The van der Waals surface area contributed by atoms with Crippen molar-refractivity contribution in [2.45, 2.75) is 64.6 Å². The van der Waals surface area contributed by atoms with E-state index in [0.717, 1.165) is 25.9 Å². The number of hydrogen-bond donors (Lipinski definition) is 1. The smallest absolute Gasteiger partial charge is 0.150 e. The summed E-state index contributed by atoms with van der Waals surface area (Å²) in [6, 6.07) is 1.59. The van der Waals surface area contributed by atoms with Gasteiger partial charge in [-0.25, -0.2) is 8.42 Å². The van der Waals surface area contributed by atoms with Crippen LogP contribution in [0.2, 0.25) is 0 Å². The van der Waals surface area contributed by atoms with Crippen LogP contribution in [-0.4, -0.2) is 56.0 Å². The SMILES string of the molecule is CCCC1CN(C2CCS(=O)(=O)CC2)C(C(C)C)CN1. The molecule has 0 aromatic carbocycles. The summed E-state index contributed by atoms with van der Waals surface area (Å²) in [6.45, 7) is 8.92. The Morgan fingerprint density at radius 1 is 1.25 bits per heavy atom. The van der Waals surface area contributed by atoms with E-state index >= 15 is 0 Å². The van der Waals surface area contributed by atoms with Crippen LogP contribution in [0, 0.1) is 5.92 Å². The van der Waals surface area contributed by atoms with Crippen molar-refractivity contribution in [1.29, 1.82) is 0 Å². The lowest BCUT2D eigenvalue weighted by atomic mass is 9.93. The Bertz CT molecular complexity index is 394. The highest BCUT2D eigenvalue weighted by atomic mass is 32.2. The maximum atomic E-state index is 11.6. The van der Waals surface area contributed by atoms with E-state index in [9.17, 15) is 8.42 Å². The van der Waals surface area contributed by atoms with Crippen LogP contribution < -0.4 is 5.32 Å². The van der Waals surface area contributed by atoms with E-state index in [-0.39, 0.29) is 0 Å². The van der Waals surface area contributed by atoms with E-state index in [4.69, 9.17) is 0 Å². The van der Waals surface area contributed by atoms with Crippen molar-refractivity contribution < 1.29 is 8.42 Å². The zero-order chi connectivity index (χ0) is 14.8. The molecular formula is C15H30N2O2S. The third-order valence-corrected chi connectivity index (χ3v) is 6.59. The van der Waals surface area contributed by atoms with Gasteiger partial charge < -0.3 is 5.32 Å². The summed E-state index contributed by atoms with van der Waals surface area (Å²) in [6.07, 6.45) is 4.07. The second-order valence-electron chi connectivity index (χ2n) is 6.78. The fraction of sp³-hybridized carbons (Fsp3) is 1.00. The van der Waals surface area contributed by atoms with Crippen LogP contribution in [0.4, 0.5) is 0 Å². The summed E-state index contributed by atoms with van der Waals surface area (Å²) >= 11 is 0. The molecule has 2 saturated heterocycles. The Kier molecular flexibility index (Phi) is 5.49. The number of sulfone groups is 1. The lowest BCUT2D eigenvalue weighted by Crippen LogP contribution is -2.61. The van der Waals surface area contributed by atoms with Gasteiger partial charge in [-0.05, 0) is 25.2 Å². The molecule has 5 heteroatoms. The predicted octanol–water partition coefficient (Wildman–Crippen LogP) is 1.66. The molecule has 0 aromatic rings. The molecule has 2 aliphatic rings. The highest BCUT2D eigenvalue weighted by molar-refractivity contribution is 7.91. The van der Waals surface area contributed by atoms with Crippen molar-refractivity contribution >= 4 is 9.84 Å². The highest BCUT2D eigenvalue weighted by Gasteiger charge is 2.36. The van der Waals surface area contributed by atoms with Crippen molar-refractivity contribution in [2.75, 3.05) is 24.6 Å². The second-order valence-corrected chi connectivity index (χ2v) is 9.09. The Hall–Kier alpha value is -0.130. The topological polar surface area (TPSA) is 49.4 Å². The molecule has 2 heterocycles. The summed E-state index contributed by atoms with van der Waals surface area (Å²) in [4.78, 5) is 2.62. The van der Waals surface area contributed by atoms with Crippen LogP contribution in [0.15, 0.2) is 0 Å². The van der Waals surface area contributed by atoms with Crippen LogP contribution in [0.3, 0.4) is 0 Å². The Morgan fingerprint density at radius 2 is 1.90 bits per heavy atom. The first-order chi connectivity index (χ1) is 9.43. The van der Waals surface area contributed by atoms with Gasteiger partial charge in [0.15, 0.2) is 0 Å². The third kappa shape index (κ3) is 3.95. The Morgan fingerprint density at radius 3 is 2.45 bits per heavy atom. The number of nitrogens with one attached hydrogen (secondary N) is 1. The van der Waals surface area contributed by atoms with Crippen LogP contribution in [-0.2, 0) is 9.84 Å². The van der Waals surface area contributed by atoms with Gasteiger partial charge in [-0.1, -0.05) is 27.2 Å². The van der Waals surface area contributed by atoms with Gasteiger partial charge in [0.1, 0.15) is 9.84 Å². The molecule has 0 saturated carbocycles. The minimum Gasteiger partial charge on any atom is -0.311 e. The van der Waals surface area contributed by atoms with Crippen LogP contribution in [0.1, 0.15) is 46.5 Å². The molecule has 2 atom stereocenters. The fourth-order valence-electron chi connectivity index (χ4n) is 3.65. The normalized spacial score (nSPS) is 32.6. The first kappa shape index (κ1) is 16.2. The van der Waals surface area contributed by atoms with Gasteiger partial charge in [0.2, 0.25) is 0 Å². The van der Waals surface area contributed by atoms with E-state index in [0.29, 0.717) is 35.5 Å². The van der Waals surface area contributed by atoms with Crippen molar-refractivity contribution in [3.05, 3.63) is 0 Å². The molecule has 20 heavy (non-hydrogen) atoms. The average Bonchev–Trinajstić information content (AvgIpc) is 2.38. The zero-order valence-electron chi connectivity index (χ0n) is 13.1. The molecule has 0 bridgehead atoms. The monoisotopic (exact) mass is 302 g/mol. The van der Waals surface area contributed by atoms with E-state index < -0.39 is 9.84 Å². The summed E-state index contributed by atoms with van der Waals surface area (Å²) < 4.78 is 23.3. The van der Waals surface area contributed by atoms with Crippen LogP contribution >= 0.6 is 0 Å². The van der Waals surface area contributed by atoms with E-state index in [1.807, 2.05) is 0 Å². The number of hydrogen-bond acceptors (Lipinski definition) is 4. The predicted molar refractivity (Wildman–Crippen MR) is 83.7 cm³/mol. The molecule has 0 radical (unpaired) electrons. The summed E-state index contributed by atoms with van der Waals surface area (Å²) in [5, 5.41) is 3.68. The number of nitrogens with zero attached hydrogens (tertiary/aromatic N) is 1. The lowest BCUT2D eigenvalue weighted by Gasteiger charge is -2.47. The second kappa shape index (κ2) is 6.75. The molecule has 0 amide bonds. The molecule has 4 nitrogen and oxygen atoms in total. The van der Waals surface area contributed by atoms with Gasteiger partial charge in [0.05, 0.1) is 11.5 Å². The van der Waals surface area contributed by atoms with Gasteiger partial charge in [-0.15, -0.1) is 0 Å². The molecule has 0 aliphatic carbocycles. The van der Waals surface area contributed by atoms with Crippen LogP contribution in [0.25, 0.3) is 0 Å². The molecule has 2 aliphatic heterocycles. The molecule has 0 spiro atoms. The van der Waals surface area contributed by atoms with Crippen molar-refractivity contribution in [3.8, 4) is 0 Å². The highest BCUT2D eigenvalue weighted by Crippen LogP contribution is 2.26. The molecule has 1 N–H and O–H groups in total. The first-order valence-electron chi connectivity index (χ1n) is 8.12. The summed E-state index contributed by atoms with van der Waals surface area (Å²) in [7, 11) is -2.76. The third-order valence-electron chi connectivity index (χ3n) is 4.87. The molecule has 118 valence electrons. The largest absolute Gasteiger partial charge is 0.311 e. The molecular weight excluding hydrogens is 272 g/mol. The first-order valence-corrected chi connectivity index (χ1v) is 9.94. The van der Waals surface area contributed by atoms with E-state index in [1.165, 1.54) is 12.8 Å². The maximum Gasteiger partial charge on any atom is 0.150 e. The number of piperazine rings is 1. The average molecular weight is 302 g/mol. The molecule has 2 rings (SSSR count). The quantitative estimate of drug-likeness (QED) is 0.858. The Labute approximate surface area is 124 Å². The summed E-state index contributed by atoms with van der Waals surface area (Å²) in [5.74, 6) is 1.37. The zero-order valence-corrected chi connectivity index (χ0v) is 14.0. The molecule has 2 unspecified atom stereocenters.